The molecule has 3 heteroatoms. The summed E-state index contributed by atoms with van der Waals surface area (Å²) in [7, 11) is 2.04. The predicted molar refractivity (Wildman–Crippen MR) is 88.0 cm³/mol. The van der Waals surface area contributed by atoms with E-state index in [1.165, 1.54) is 15.6 Å². The number of halogens is 1. The van der Waals surface area contributed by atoms with E-state index in [0.717, 1.165) is 6.42 Å². The van der Waals surface area contributed by atoms with Crippen LogP contribution in [0.25, 0.3) is 0 Å². The molecule has 112 valence electrons. The fourth-order valence-corrected chi connectivity index (χ4v) is 4.09. The molecule has 1 heterocycles. The van der Waals surface area contributed by atoms with E-state index in [9.17, 15) is 0 Å². The summed E-state index contributed by atoms with van der Waals surface area (Å²) in [4.78, 5) is 0. The van der Waals surface area contributed by atoms with Crippen LogP contribution < -0.4 is 5.32 Å². The summed E-state index contributed by atoms with van der Waals surface area (Å²) in [5.74, 6) is 0.445. The van der Waals surface area contributed by atoms with Crippen LogP contribution in [0.5, 0.6) is 0 Å². The quantitative estimate of drug-likeness (QED) is 0.867. The Labute approximate surface area is 131 Å². The Morgan fingerprint density at radius 3 is 2.45 bits per heavy atom. The third-order valence-electron chi connectivity index (χ3n) is 4.34. The number of aryl methyl sites for hydroxylation is 1. The Kier molecular flexibility index (Phi) is 4.35. The molecule has 1 aliphatic heterocycles. The molecule has 0 aliphatic carbocycles. The number of rotatable bonds is 3. The summed E-state index contributed by atoms with van der Waals surface area (Å²) < 4.78 is 7.44. The minimum absolute atomic E-state index is 0.0560. The molecule has 0 saturated carbocycles. The first-order valence-corrected chi connectivity index (χ1v) is 8.09. The zero-order chi connectivity index (χ0) is 15.1. The molecule has 0 radical (unpaired) electrons. The summed E-state index contributed by atoms with van der Waals surface area (Å²) in [5, 5.41) is 3.51. The highest BCUT2D eigenvalue weighted by atomic mass is 79.9. The second kappa shape index (κ2) is 5.43. The molecule has 2 nitrogen and oxygen atoms in total. The number of hydrogen-bond acceptors (Lipinski definition) is 2. The van der Waals surface area contributed by atoms with E-state index in [-0.39, 0.29) is 11.2 Å². The van der Waals surface area contributed by atoms with Gasteiger partial charge in [0, 0.05) is 16.4 Å². The van der Waals surface area contributed by atoms with Gasteiger partial charge in [0.25, 0.3) is 0 Å². The molecule has 20 heavy (non-hydrogen) atoms. The molecular weight excluding hydrogens is 314 g/mol. The van der Waals surface area contributed by atoms with Crippen molar-refractivity contribution < 1.29 is 4.74 Å². The van der Waals surface area contributed by atoms with Crippen LogP contribution in [0.15, 0.2) is 22.7 Å². The van der Waals surface area contributed by atoms with Crippen molar-refractivity contribution in [2.24, 2.45) is 5.92 Å². The van der Waals surface area contributed by atoms with E-state index in [1.807, 2.05) is 7.05 Å². The van der Waals surface area contributed by atoms with Crippen LogP contribution in [0.3, 0.4) is 0 Å². The molecule has 1 aliphatic rings. The summed E-state index contributed by atoms with van der Waals surface area (Å²) in [5.41, 5.74) is 2.44. The van der Waals surface area contributed by atoms with Gasteiger partial charge in [0.1, 0.15) is 0 Å². The molecule has 0 spiro atoms. The molecule has 1 N–H and O–H groups in total. The number of benzene rings is 1. The molecule has 0 amide bonds. The van der Waals surface area contributed by atoms with Gasteiger partial charge < -0.3 is 10.1 Å². The Hall–Kier alpha value is -0.380. The van der Waals surface area contributed by atoms with Crippen LogP contribution in [0.1, 0.15) is 51.3 Å². The van der Waals surface area contributed by atoms with Gasteiger partial charge in [-0.15, -0.1) is 0 Å². The molecule has 1 aromatic carbocycles. The van der Waals surface area contributed by atoms with Gasteiger partial charge in [0.15, 0.2) is 0 Å². The van der Waals surface area contributed by atoms with Crippen molar-refractivity contribution >= 4 is 15.9 Å². The van der Waals surface area contributed by atoms with Gasteiger partial charge >= 0.3 is 0 Å². The standard InChI is InChI=1S/C17H26BrNO/c1-11-7-8-14(18)12(9-11)15(19-6)13-10-16(2,3)20-17(13,4)5/h7-9,13,15,19H,10H2,1-6H3. The minimum Gasteiger partial charge on any atom is -0.369 e. The summed E-state index contributed by atoms with van der Waals surface area (Å²) in [6.07, 6.45) is 1.06. The van der Waals surface area contributed by atoms with Crippen molar-refractivity contribution in [1.82, 2.24) is 5.32 Å². The highest BCUT2D eigenvalue weighted by Crippen LogP contribution is 2.48. The lowest BCUT2D eigenvalue weighted by Crippen LogP contribution is -2.37. The lowest BCUT2D eigenvalue weighted by molar-refractivity contribution is -0.0777. The maximum atomic E-state index is 6.27. The maximum absolute atomic E-state index is 6.27. The van der Waals surface area contributed by atoms with Crippen molar-refractivity contribution in [2.45, 2.75) is 58.3 Å². The van der Waals surface area contributed by atoms with Gasteiger partial charge in [-0.1, -0.05) is 33.6 Å². The lowest BCUT2D eigenvalue weighted by atomic mass is 9.79. The van der Waals surface area contributed by atoms with E-state index in [0.29, 0.717) is 12.0 Å². The number of hydrogen-bond donors (Lipinski definition) is 1. The second-order valence-corrected chi connectivity index (χ2v) is 7.92. The van der Waals surface area contributed by atoms with Crippen LogP contribution in [0.2, 0.25) is 0 Å². The Morgan fingerprint density at radius 2 is 1.95 bits per heavy atom. The van der Waals surface area contributed by atoms with Gasteiger partial charge in [-0.05, 0) is 59.7 Å². The highest BCUT2D eigenvalue weighted by Gasteiger charge is 2.49. The Balaban J connectivity index is 2.40. The molecule has 1 aromatic rings. The highest BCUT2D eigenvalue weighted by molar-refractivity contribution is 9.10. The Morgan fingerprint density at radius 1 is 1.30 bits per heavy atom. The average molecular weight is 340 g/mol. The van der Waals surface area contributed by atoms with E-state index in [4.69, 9.17) is 4.74 Å². The van der Waals surface area contributed by atoms with Crippen molar-refractivity contribution in [2.75, 3.05) is 7.05 Å². The second-order valence-electron chi connectivity index (χ2n) is 7.07. The summed E-state index contributed by atoms with van der Waals surface area (Å²) in [6, 6.07) is 6.84. The lowest BCUT2D eigenvalue weighted by Gasteiger charge is -2.33. The monoisotopic (exact) mass is 339 g/mol. The van der Waals surface area contributed by atoms with E-state index in [1.54, 1.807) is 0 Å². The maximum Gasteiger partial charge on any atom is 0.0681 e. The predicted octanol–water partition coefficient (Wildman–Crippen LogP) is 4.61. The molecule has 0 bridgehead atoms. The van der Waals surface area contributed by atoms with E-state index in [2.05, 4.69) is 74.1 Å². The topological polar surface area (TPSA) is 21.3 Å². The van der Waals surface area contributed by atoms with E-state index >= 15 is 0 Å². The smallest absolute Gasteiger partial charge is 0.0681 e. The summed E-state index contributed by atoms with van der Waals surface area (Å²) >= 11 is 3.70. The van der Waals surface area contributed by atoms with Crippen LogP contribution in [0, 0.1) is 12.8 Å². The van der Waals surface area contributed by atoms with Crippen LogP contribution in [-0.2, 0) is 4.74 Å². The van der Waals surface area contributed by atoms with Crippen molar-refractivity contribution in [3.8, 4) is 0 Å². The van der Waals surface area contributed by atoms with Gasteiger partial charge in [-0.2, -0.15) is 0 Å². The zero-order valence-corrected chi connectivity index (χ0v) is 15.0. The van der Waals surface area contributed by atoms with Crippen molar-refractivity contribution in [1.29, 1.82) is 0 Å². The zero-order valence-electron chi connectivity index (χ0n) is 13.4. The normalized spacial score (nSPS) is 25.6. The average Bonchev–Trinajstić information content (AvgIpc) is 2.53. The third-order valence-corrected chi connectivity index (χ3v) is 5.07. The van der Waals surface area contributed by atoms with Crippen molar-refractivity contribution in [3.63, 3.8) is 0 Å². The molecule has 2 atom stereocenters. The fraction of sp³-hybridized carbons (Fsp3) is 0.647. The van der Waals surface area contributed by atoms with Crippen LogP contribution in [0.4, 0.5) is 0 Å². The molecule has 2 rings (SSSR count). The van der Waals surface area contributed by atoms with Gasteiger partial charge in [0.05, 0.1) is 11.2 Å². The number of nitrogens with one attached hydrogen (secondary N) is 1. The molecule has 0 aromatic heterocycles. The van der Waals surface area contributed by atoms with Gasteiger partial charge in [-0.25, -0.2) is 0 Å². The molecular formula is C17H26BrNO. The van der Waals surface area contributed by atoms with Gasteiger partial charge in [0.2, 0.25) is 0 Å². The third kappa shape index (κ3) is 3.10. The first-order valence-electron chi connectivity index (χ1n) is 7.30. The van der Waals surface area contributed by atoms with Crippen LogP contribution >= 0.6 is 15.9 Å². The molecule has 1 fully saturated rings. The van der Waals surface area contributed by atoms with Gasteiger partial charge in [-0.3, -0.25) is 0 Å². The van der Waals surface area contributed by atoms with Crippen molar-refractivity contribution in [3.05, 3.63) is 33.8 Å². The van der Waals surface area contributed by atoms with Crippen LogP contribution in [-0.4, -0.2) is 18.2 Å². The SMILES string of the molecule is CNC(c1cc(C)ccc1Br)C1CC(C)(C)OC1(C)C. The minimum atomic E-state index is -0.125. The van der Waals surface area contributed by atoms with E-state index < -0.39 is 0 Å². The first-order chi connectivity index (χ1) is 9.16. The number of ether oxygens (including phenoxy) is 1. The summed E-state index contributed by atoms with van der Waals surface area (Å²) in [6.45, 7) is 10.9. The Bertz CT molecular complexity index is 496. The fourth-order valence-electron chi connectivity index (χ4n) is 3.60. The largest absolute Gasteiger partial charge is 0.369 e. The molecule has 2 unspecified atom stereocenters. The molecule has 1 saturated heterocycles. The first kappa shape index (κ1) is 16.0.